The zero-order chi connectivity index (χ0) is 28.9. The molecule has 0 saturated heterocycles. The molecule has 2 heterocycles. The molecule has 0 fully saturated rings. The van der Waals surface area contributed by atoms with E-state index in [1.807, 2.05) is 51.1 Å². The fourth-order valence-electron chi connectivity index (χ4n) is 4.01. The molecule has 2 aromatic carbocycles. The highest BCUT2D eigenvalue weighted by atomic mass is 16.5. The number of hydrogen-bond donors (Lipinski definition) is 2. The zero-order valence-corrected chi connectivity index (χ0v) is 22.6. The van der Waals surface area contributed by atoms with E-state index >= 15 is 0 Å². The van der Waals surface area contributed by atoms with Crippen LogP contribution in [0.25, 0.3) is 10.9 Å². The zero-order valence-electron chi connectivity index (χ0n) is 22.6. The normalized spacial score (nSPS) is 12.0. The van der Waals surface area contributed by atoms with Crippen molar-refractivity contribution >= 4 is 28.7 Å². The molecule has 0 saturated carbocycles. The molecule has 4 rings (SSSR count). The topological polar surface area (TPSA) is 165 Å². The third-order valence-corrected chi connectivity index (χ3v) is 6.02. The van der Waals surface area contributed by atoms with Gasteiger partial charge in [0.1, 0.15) is 6.04 Å². The lowest BCUT2D eigenvalue weighted by Gasteiger charge is -2.30. The number of para-hydroxylation sites is 1. The molecule has 0 aliphatic heterocycles. The second-order valence-electron chi connectivity index (χ2n) is 10.0. The van der Waals surface area contributed by atoms with Gasteiger partial charge in [0.2, 0.25) is 11.8 Å². The molecule has 0 unspecified atom stereocenters. The number of ether oxygens (including phenoxy) is 1. The number of aromatic nitrogens is 4. The standard InChI is InChI=1S/C28H29N7O5/c1-5-39-27(38)26-33-32-21(40-26)15-30-25(37)23(28(2,3)4)31-24(36)22-19-8-6-7-9-20(19)35(34-22)16-18-12-10-17(14-29)11-13-18/h6-13,23H,5,15-16H2,1-4H3,(H,30,37)(H,31,36)/t23-/m1/s1. The van der Waals surface area contributed by atoms with Gasteiger partial charge in [-0.05, 0) is 36.1 Å². The summed E-state index contributed by atoms with van der Waals surface area (Å²) in [6.45, 7) is 7.53. The lowest BCUT2D eigenvalue weighted by atomic mass is 9.86. The fraction of sp³-hybridized carbons (Fsp3) is 0.321. The van der Waals surface area contributed by atoms with Crippen LogP contribution >= 0.6 is 0 Å². The Bertz CT molecular complexity index is 1580. The number of carbonyl (C=O) groups excluding carboxylic acids is 3. The largest absolute Gasteiger partial charge is 0.459 e. The minimum absolute atomic E-state index is 0.0166. The minimum Gasteiger partial charge on any atom is -0.459 e. The van der Waals surface area contributed by atoms with Crippen molar-refractivity contribution in [1.82, 2.24) is 30.6 Å². The number of rotatable bonds is 9. The Balaban J connectivity index is 1.51. The Kier molecular flexibility index (Phi) is 8.23. The predicted octanol–water partition coefficient (Wildman–Crippen LogP) is 2.98. The fourth-order valence-corrected chi connectivity index (χ4v) is 4.01. The molecule has 2 N–H and O–H groups in total. The minimum atomic E-state index is -0.935. The Morgan fingerprint density at radius 2 is 1.82 bits per heavy atom. The van der Waals surface area contributed by atoms with Gasteiger partial charge in [0.05, 0.1) is 36.8 Å². The summed E-state index contributed by atoms with van der Waals surface area (Å²) in [6, 6.07) is 15.6. The van der Waals surface area contributed by atoms with Crippen LogP contribution in [0.3, 0.4) is 0 Å². The van der Waals surface area contributed by atoms with Crippen LogP contribution in [0.2, 0.25) is 0 Å². The number of fused-ring (bicyclic) bond motifs is 1. The van der Waals surface area contributed by atoms with Gasteiger partial charge in [-0.15, -0.1) is 10.2 Å². The first-order valence-corrected chi connectivity index (χ1v) is 12.6. The van der Waals surface area contributed by atoms with Gasteiger partial charge in [0.15, 0.2) is 5.69 Å². The summed E-state index contributed by atoms with van der Waals surface area (Å²) in [5.41, 5.74) is 1.74. The molecule has 40 heavy (non-hydrogen) atoms. The third-order valence-electron chi connectivity index (χ3n) is 6.02. The summed E-state index contributed by atoms with van der Waals surface area (Å²) < 4.78 is 11.8. The number of nitrogens with zero attached hydrogens (tertiary/aromatic N) is 5. The summed E-state index contributed by atoms with van der Waals surface area (Å²) in [7, 11) is 0. The van der Waals surface area contributed by atoms with E-state index in [-0.39, 0.29) is 30.6 Å². The van der Waals surface area contributed by atoms with Crippen LogP contribution in [-0.2, 0) is 22.6 Å². The van der Waals surface area contributed by atoms with Crippen LogP contribution in [0.4, 0.5) is 0 Å². The first-order chi connectivity index (χ1) is 19.1. The van der Waals surface area contributed by atoms with Gasteiger partial charge in [-0.25, -0.2) is 4.79 Å². The molecule has 0 aliphatic rings. The van der Waals surface area contributed by atoms with E-state index in [4.69, 9.17) is 14.4 Å². The molecule has 2 aromatic heterocycles. The number of amides is 2. The van der Waals surface area contributed by atoms with Crippen LogP contribution in [0.5, 0.6) is 0 Å². The molecular formula is C28H29N7O5. The second kappa shape index (κ2) is 11.8. The molecule has 206 valence electrons. The van der Waals surface area contributed by atoms with E-state index in [0.717, 1.165) is 11.1 Å². The lowest BCUT2D eigenvalue weighted by Crippen LogP contribution is -2.53. The maximum absolute atomic E-state index is 13.5. The number of nitriles is 1. The number of carbonyl (C=O) groups is 3. The first-order valence-electron chi connectivity index (χ1n) is 12.6. The predicted molar refractivity (Wildman–Crippen MR) is 143 cm³/mol. The van der Waals surface area contributed by atoms with Crippen LogP contribution in [0.1, 0.15) is 65.9 Å². The van der Waals surface area contributed by atoms with E-state index in [0.29, 0.717) is 17.5 Å². The molecule has 0 radical (unpaired) electrons. The first kappa shape index (κ1) is 28.0. The summed E-state index contributed by atoms with van der Waals surface area (Å²) in [5.74, 6) is -2.03. The smallest absolute Gasteiger partial charge is 0.396 e. The third kappa shape index (κ3) is 6.32. The van der Waals surface area contributed by atoms with Gasteiger partial charge < -0.3 is 19.8 Å². The van der Waals surface area contributed by atoms with E-state index in [2.05, 4.69) is 32.0 Å². The van der Waals surface area contributed by atoms with Crippen molar-refractivity contribution in [3.05, 3.63) is 77.1 Å². The molecule has 2 amide bonds. The van der Waals surface area contributed by atoms with Crippen molar-refractivity contribution in [3.63, 3.8) is 0 Å². The molecular weight excluding hydrogens is 514 g/mol. The lowest BCUT2D eigenvalue weighted by molar-refractivity contribution is -0.125. The van der Waals surface area contributed by atoms with Crippen molar-refractivity contribution in [1.29, 1.82) is 5.26 Å². The Labute approximate surface area is 230 Å². The van der Waals surface area contributed by atoms with E-state index in [1.165, 1.54) is 0 Å². The number of benzene rings is 2. The van der Waals surface area contributed by atoms with Crippen LogP contribution in [-0.4, -0.2) is 50.4 Å². The van der Waals surface area contributed by atoms with Gasteiger partial charge in [0.25, 0.3) is 5.91 Å². The number of hydrogen-bond acceptors (Lipinski definition) is 9. The molecule has 1 atom stereocenters. The van der Waals surface area contributed by atoms with Crippen LogP contribution in [0, 0.1) is 16.7 Å². The SMILES string of the molecule is CCOC(=O)c1nnc(CNC(=O)[C@@H](NC(=O)c2nn(Cc3ccc(C#N)cc3)c3ccccc23)C(C)(C)C)o1. The molecule has 12 nitrogen and oxygen atoms in total. The molecule has 0 spiro atoms. The Hall–Kier alpha value is -5.05. The summed E-state index contributed by atoms with van der Waals surface area (Å²) in [4.78, 5) is 38.4. The average Bonchev–Trinajstić information content (AvgIpc) is 3.56. The van der Waals surface area contributed by atoms with E-state index < -0.39 is 29.2 Å². The quantitative estimate of drug-likeness (QED) is 0.302. The second-order valence-corrected chi connectivity index (χ2v) is 10.0. The van der Waals surface area contributed by atoms with Crippen molar-refractivity contribution in [2.45, 2.75) is 46.8 Å². The highest BCUT2D eigenvalue weighted by Crippen LogP contribution is 2.23. The average molecular weight is 544 g/mol. The van der Waals surface area contributed by atoms with Gasteiger partial charge in [-0.1, -0.05) is 51.1 Å². The summed E-state index contributed by atoms with van der Waals surface area (Å²) >= 11 is 0. The highest BCUT2D eigenvalue weighted by Gasteiger charge is 2.34. The van der Waals surface area contributed by atoms with Crippen molar-refractivity contribution in [2.24, 2.45) is 5.41 Å². The van der Waals surface area contributed by atoms with E-state index in [1.54, 1.807) is 29.8 Å². The van der Waals surface area contributed by atoms with Gasteiger partial charge in [-0.3, -0.25) is 14.3 Å². The number of esters is 1. The Morgan fingerprint density at radius 1 is 1.10 bits per heavy atom. The van der Waals surface area contributed by atoms with Crippen molar-refractivity contribution in [3.8, 4) is 6.07 Å². The van der Waals surface area contributed by atoms with Crippen molar-refractivity contribution < 1.29 is 23.5 Å². The summed E-state index contributed by atoms with van der Waals surface area (Å²) in [5, 5.41) is 27.2. The number of nitrogens with one attached hydrogen (secondary N) is 2. The highest BCUT2D eigenvalue weighted by molar-refractivity contribution is 6.06. The Morgan fingerprint density at radius 3 is 2.50 bits per heavy atom. The van der Waals surface area contributed by atoms with Crippen molar-refractivity contribution in [2.75, 3.05) is 6.61 Å². The maximum Gasteiger partial charge on any atom is 0.396 e. The van der Waals surface area contributed by atoms with Gasteiger partial charge in [-0.2, -0.15) is 10.4 Å². The molecule has 0 aliphatic carbocycles. The monoisotopic (exact) mass is 543 g/mol. The van der Waals surface area contributed by atoms with Crippen LogP contribution < -0.4 is 10.6 Å². The molecule has 0 bridgehead atoms. The molecule has 12 heteroatoms. The van der Waals surface area contributed by atoms with Gasteiger partial charge in [0, 0.05) is 5.39 Å². The van der Waals surface area contributed by atoms with Crippen LogP contribution in [0.15, 0.2) is 52.9 Å². The van der Waals surface area contributed by atoms with Gasteiger partial charge >= 0.3 is 11.9 Å². The molecule has 4 aromatic rings. The summed E-state index contributed by atoms with van der Waals surface area (Å²) in [6.07, 6.45) is 0. The maximum atomic E-state index is 13.5. The van der Waals surface area contributed by atoms with E-state index in [9.17, 15) is 14.4 Å².